The predicted octanol–water partition coefficient (Wildman–Crippen LogP) is 7.12. The van der Waals surface area contributed by atoms with Gasteiger partial charge in [-0.2, -0.15) is 0 Å². The van der Waals surface area contributed by atoms with Gasteiger partial charge in [0.2, 0.25) is 6.29 Å². The van der Waals surface area contributed by atoms with Crippen LogP contribution in [0.15, 0.2) is 36.1 Å². The predicted molar refractivity (Wildman–Crippen MR) is 204 cm³/mol. The Bertz CT molecular complexity index is 1610. The van der Waals surface area contributed by atoms with Crippen molar-refractivity contribution in [3.8, 4) is 23.0 Å². The fourth-order valence-electron chi connectivity index (χ4n) is 9.73. The minimum Gasteiger partial charge on any atom is -0.493 e. The number of amides is 1. The molecular weight excluding hydrogens is 672 g/mol. The van der Waals surface area contributed by atoms with Crippen LogP contribution in [0, 0.1) is 29.6 Å². The average molecular weight is 735 g/mol. The molecule has 1 amide bonds. The van der Waals surface area contributed by atoms with Crippen LogP contribution >= 0.6 is 0 Å². The number of nitrogens with zero attached hydrogens (tertiary/aromatic N) is 2. The maximum Gasteiger partial charge on any atom is 0.289 e. The van der Waals surface area contributed by atoms with Crippen LogP contribution in [0.2, 0.25) is 0 Å². The maximum atomic E-state index is 15.0. The van der Waals surface area contributed by atoms with Crippen molar-refractivity contribution in [2.45, 2.75) is 91.0 Å². The van der Waals surface area contributed by atoms with Gasteiger partial charge in [-0.05, 0) is 122 Å². The second kappa shape index (κ2) is 17.3. The molecule has 10 heteroatoms. The van der Waals surface area contributed by atoms with E-state index in [0.29, 0.717) is 55.1 Å². The number of carbonyl (C=O) groups is 1. The lowest BCUT2D eigenvalue weighted by atomic mass is 9.72. The zero-order chi connectivity index (χ0) is 37.8. The Morgan fingerprint density at radius 2 is 1.51 bits per heavy atom. The molecule has 0 aromatic heterocycles. The van der Waals surface area contributed by atoms with E-state index in [1.807, 2.05) is 6.92 Å². The molecule has 2 aromatic rings. The van der Waals surface area contributed by atoms with E-state index in [1.165, 1.54) is 16.7 Å². The molecule has 7 atom stereocenters. The molecule has 292 valence electrons. The quantitative estimate of drug-likeness (QED) is 0.218. The molecule has 6 rings (SSSR count). The molecule has 1 N–H and O–H groups in total. The van der Waals surface area contributed by atoms with Gasteiger partial charge >= 0.3 is 0 Å². The van der Waals surface area contributed by atoms with Crippen LogP contribution in [-0.4, -0.2) is 88.4 Å². The number of ether oxygens (including phenoxy) is 6. The first-order valence-corrected chi connectivity index (χ1v) is 19.8. The number of aliphatic hydroxyl groups excluding tert-OH is 1. The fourth-order valence-corrected chi connectivity index (χ4v) is 9.73. The lowest BCUT2D eigenvalue weighted by Gasteiger charge is -2.49. The topological polar surface area (TPSA) is 99.2 Å². The Labute approximate surface area is 316 Å². The van der Waals surface area contributed by atoms with E-state index in [9.17, 15) is 9.90 Å². The Balaban J connectivity index is 1.38. The van der Waals surface area contributed by atoms with Gasteiger partial charge in [-0.25, -0.2) is 0 Å². The van der Waals surface area contributed by atoms with Crippen molar-refractivity contribution >= 4 is 5.91 Å². The van der Waals surface area contributed by atoms with Crippen LogP contribution in [-0.2, 0) is 27.1 Å². The summed E-state index contributed by atoms with van der Waals surface area (Å²) in [6.45, 7) is 11.9. The van der Waals surface area contributed by atoms with Crippen LogP contribution in [0.5, 0.6) is 23.0 Å². The van der Waals surface area contributed by atoms with E-state index >= 15 is 0 Å². The summed E-state index contributed by atoms with van der Waals surface area (Å²) in [7, 11) is 6.75. The third-order valence-electron chi connectivity index (χ3n) is 12.5. The van der Waals surface area contributed by atoms with E-state index in [-0.39, 0.29) is 42.4 Å². The molecule has 10 nitrogen and oxygen atoms in total. The SMILES string of the molecule is CCO[C@H]1OC(C(=O)N2CCc3cc(OC)c(OC)cc3[C@H]2C[C@H]2C[C@H]3c4cc(OC)c(OC)cc4CCN3C[C@@H]2CC)=C[C@@H](C(C)C)[C@H]1CCCO. The summed E-state index contributed by atoms with van der Waals surface area (Å²) in [4.78, 5) is 19.7. The van der Waals surface area contributed by atoms with Crippen LogP contribution in [0.4, 0.5) is 0 Å². The zero-order valence-electron chi connectivity index (χ0n) is 33.2. The van der Waals surface area contributed by atoms with E-state index in [1.54, 1.807) is 28.4 Å². The van der Waals surface area contributed by atoms with Crippen molar-refractivity contribution in [2.75, 3.05) is 61.3 Å². The van der Waals surface area contributed by atoms with Gasteiger partial charge in [0.1, 0.15) is 0 Å². The minimum absolute atomic E-state index is 0.0562. The molecule has 0 bridgehead atoms. The van der Waals surface area contributed by atoms with Crippen LogP contribution in [0.3, 0.4) is 0 Å². The lowest BCUT2D eigenvalue weighted by Crippen LogP contribution is -2.48. The number of fused-ring (bicyclic) bond motifs is 4. The first-order valence-electron chi connectivity index (χ1n) is 19.8. The molecule has 1 fully saturated rings. The van der Waals surface area contributed by atoms with E-state index in [2.05, 4.69) is 60.9 Å². The molecule has 0 aliphatic carbocycles. The summed E-state index contributed by atoms with van der Waals surface area (Å²) in [5.74, 6) is 4.48. The van der Waals surface area contributed by atoms with Crippen molar-refractivity contribution in [3.63, 3.8) is 0 Å². The summed E-state index contributed by atoms with van der Waals surface area (Å²) in [5, 5.41) is 9.67. The Kier molecular flexibility index (Phi) is 12.8. The Hall–Kier alpha value is -3.47. The molecule has 0 unspecified atom stereocenters. The maximum absolute atomic E-state index is 15.0. The highest BCUT2D eigenvalue weighted by molar-refractivity contribution is 5.92. The Morgan fingerprint density at radius 1 is 0.887 bits per heavy atom. The molecule has 53 heavy (non-hydrogen) atoms. The van der Waals surface area contributed by atoms with Crippen LogP contribution in [0.25, 0.3) is 0 Å². The van der Waals surface area contributed by atoms with Gasteiger partial charge in [0.15, 0.2) is 28.8 Å². The largest absolute Gasteiger partial charge is 0.493 e. The third-order valence-corrected chi connectivity index (χ3v) is 12.5. The highest BCUT2D eigenvalue weighted by atomic mass is 16.7. The summed E-state index contributed by atoms with van der Waals surface area (Å²) < 4.78 is 35.7. The van der Waals surface area contributed by atoms with Gasteiger partial charge in [0.05, 0.1) is 34.5 Å². The minimum atomic E-state index is -0.543. The lowest BCUT2D eigenvalue weighted by molar-refractivity contribution is -0.179. The molecule has 4 heterocycles. The van der Waals surface area contributed by atoms with Crippen molar-refractivity contribution in [3.05, 3.63) is 58.4 Å². The highest BCUT2D eigenvalue weighted by Crippen LogP contribution is 2.50. The summed E-state index contributed by atoms with van der Waals surface area (Å²) in [5.41, 5.74) is 4.97. The second-order valence-electron chi connectivity index (χ2n) is 15.6. The number of aliphatic hydroxyl groups is 1. The molecule has 0 saturated carbocycles. The van der Waals surface area contributed by atoms with E-state index < -0.39 is 6.29 Å². The smallest absolute Gasteiger partial charge is 0.289 e. The van der Waals surface area contributed by atoms with Crippen molar-refractivity contribution in [1.82, 2.24) is 9.80 Å². The number of rotatable bonds is 14. The number of carbonyl (C=O) groups excluding carboxylic acids is 1. The van der Waals surface area contributed by atoms with Gasteiger partial charge in [0, 0.05) is 44.8 Å². The summed E-state index contributed by atoms with van der Waals surface area (Å²) >= 11 is 0. The number of piperidine rings is 1. The first-order chi connectivity index (χ1) is 25.7. The summed E-state index contributed by atoms with van der Waals surface area (Å²) in [6.07, 6.45) is 7.54. The molecule has 0 radical (unpaired) electrons. The van der Waals surface area contributed by atoms with Crippen LogP contribution in [0.1, 0.15) is 94.1 Å². The van der Waals surface area contributed by atoms with Crippen molar-refractivity contribution < 1.29 is 38.3 Å². The van der Waals surface area contributed by atoms with Gasteiger partial charge in [-0.3, -0.25) is 9.69 Å². The van der Waals surface area contributed by atoms with E-state index in [0.717, 1.165) is 62.3 Å². The normalized spacial score (nSPS) is 26.9. The van der Waals surface area contributed by atoms with Gasteiger partial charge < -0.3 is 38.4 Å². The average Bonchev–Trinajstić information content (AvgIpc) is 3.18. The van der Waals surface area contributed by atoms with Crippen molar-refractivity contribution in [1.29, 1.82) is 0 Å². The number of methoxy groups -OCH3 is 4. The highest BCUT2D eigenvalue weighted by Gasteiger charge is 2.45. The standard InChI is InChI=1S/C43H62N2O8/c1-9-27-25-44-15-13-28-20-37(48-5)39(50-7)23-33(28)35(44)18-30(27)19-36-34-24-40(51-8)38(49-6)21-29(34)14-16-45(36)42(47)41-22-32(26(3)4)31(12-11-17-46)43(53-41)52-10-2/h20-24,26-27,30-32,35-36,43,46H,9-19,25H2,1-8H3/t27-,30+,31+,32-,35-,36+,43-/m0/s1. The van der Waals surface area contributed by atoms with Crippen LogP contribution < -0.4 is 18.9 Å². The number of allylic oxidation sites excluding steroid dienone is 1. The Morgan fingerprint density at radius 3 is 2.11 bits per heavy atom. The van der Waals surface area contributed by atoms with Gasteiger partial charge in [0.25, 0.3) is 5.91 Å². The molecule has 2 aromatic carbocycles. The number of benzene rings is 2. The van der Waals surface area contributed by atoms with Crippen molar-refractivity contribution in [2.24, 2.45) is 29.6 Å². The van der Waals surface area contributed by atoms with Gasteiger partial charge in [-0.15, -0.1) is 0 Å². The molecular formula is C43H62N2O8. The number of hydrogen-bond acceptors (Lipinski definition) is 9. The molecule has 0 spiro atoms. The number of hydrogen-bond donors (Lipinski definition) is 1. The van der Waals surface area contributed by atoms with E-state index in [4.69, 9.17) is 28.4 Å². The monoisotopic (exact) mass is 734 g/mol. The third kappa shape index (κ3) is 7.87. The summed E-state index contributed by atoms with van der Waals surface area (Å²) in [6, 6.07) is 8.64. The van der Waals surface area contributed by atoms with Gasteiger partial charge in [-0.1, -0.05) is 27.2 Å². The zero-order valence-corrected chi connectivity index (χ0v) is 33.2. The first kappa shape index (κ1) is 39.2. The molecule has 1 saturated heterocycles. The second-order valence-corrected chi connectivity index (χ2v) is 15.6. The molecule has 4 aliphatic heterocycles. The fraction of sp³-hybridized carbons (Fsp3) is 0.651. The molecule has 4 aliphatic rings.